The Kier molecular flexibility index (Phi) is 6.52. The highest BCUT2D eigenvalue weighted by molar-refractivity contribution is 5.86. The predicted molar refractivity (Wildman–Crippen MR) is 117 cm³/mol. The van der Waals surface area contributed by atoms with Gasteiger partial charge in [-0.25, -0.2) is 0 Å². The Morgan fingerprint density at radius 3 is 2.50 bits per heavy atom. The molecule has 1 saturated heterocycles. The van der Waals surface area contributed by atoms with Gasteiger partial charge >= 0.3 is 0 Å². The van der Waals surface area contributed by atoms with Crippen molar-refractivity contribution in [1.82, 2.24) is 10.2 Å². The van der Waals surface area contributed by atoms with Gasteiger partial charge in [-0.05, 0) is 43.4 Å². The van der Waals surface area contributed by atoms with E-state index in [2.05, 4.69) is 17.4 Å². The molecule has 2 aliphatic rings. The van der Waals surface area contributed by atoms with Crippen molar-refractivity contribution in [3.05, 3.63) is 60.2 Å². The van der Waals surface area contributed by atoms with Gasteiger partial charge in [0.25, 0.3) is 5.91 Å². The molecule has 158 valence electrons. The lowest BCUT2D eigenvalue weighted by molar-refractivity contribution is -0.139. The molecular formula is C24H29N3O3. The van der Waals surface area contributed by atoms with E-state index in [9.17, 15) is 9.59 Å². The number of ether oxygens (including phenoxy) is 1. The SMILES string of the molecule is O=C(CN1CC(C(=O)N2CCCCC2)Oc2ccccc21)NCCc1ccccc1. The number of likely N-dealkylation sites (tertiary alicyclic amines) is 1. The van der Waals surface area contributed by atoms with Crippen LogP contribution in [0.15, 0.2) is 54.6 Å². The average molecular weight is 408 g/mol. The summed E-state index contributed by atoms with van der Waals surface area (Å²) in [6.45, 7) is 2.77. The van der Waals surface area contributed by atoms with Crippen LogP contribution in [0.25, 0.3) is 0 Å². The number of para-hydroxylation sites is 2. The smallest absolute Gasteiger partial charge is 0.265 e. The predicted octanol–water partition coefficient (Wildman–Crippen LogP) is 2.63. The zero-order valence-electron chi connectivity index (χ0n) is 17.3. The van der Waals surface area contributed by atoms with Crippen LogP contribution < -0.4 is 15.0 Å². The molecule has 2 aromatic carbocycles. The zero-order chi connectivity index (χ0) is 20.8. The molecular weight excluding hydrogens is 378 g/mol. The lowest BCUT2D eigenvalue weighted by Crippen LogP contribution is -2.53. The molecule has 6 nitrogen and oxygen atoms in total. The maximum atomic E-state index is 13.0. The van der Waals surface area contributed by atoms with Crippen molar-refractivity contribution in [2.24, 2.45) is 0 Å². The van der Waals surface area contributed by atoms with Gasteiger partial charge in [0.1, 0.15) is 5.75 Å². The molecule has 1 N–H and O–H groups in total. The highest BCUT2D eigenvalue weighted by Gasteiger charge is 2.34. The minimum absolute atomic E-state index is 0.0266. The van der Waals surface area contributed by atoms with Crippen LogP contribution in [0.2, 0.25) is 0 Å². The van der Waals surface area contributed by atoms with Crippen LogP contribution in [-0.4, -0.2) is 55.5 Å². The molecule has 0 aromatic heterocycles. The van der Waals surface area contributed by atoms with Crippen LogP contribution in [0.3, 0.4) is 0 Å². The maximum Gasteiger partial charge on any atom is 0.265 e. The number of benzene rings is 2. The van der Waals surface area contributed by atoms with Gasteiger partial charge in [0.2, 0.25) is 5.91 Å². The summed E-state index contributed by atoms with van der Waals surface area (Å²) < 4.78 is 6.03. The second-order valence-corrected chi connectivity index (χ2v) is 7.93. The number of piperidine rings is 1. The van der Waals surface area contributed by atoms with Gasteiger partial charge in [-0.3, -0.25) is 9.59 Å². The summed E-state index contributed by atoms with van der Waals surface area (Å²) in [4.78, 5) is 29.5. The fourth-order valence-corrected chi connectivity index (χ4v) is 4.12. The number of carbonyl (C=O) groups is 2. The number of nitrogens with zero attached hydrogens (tertiary/aromatic N) is 2. The minimum Gasteiger partial charge on any atom is -0.477 e. The van der Waals surface area contributed by atoms with Crippen molar-refractivity contribution in [1.29, 1.82) is 0 Å². The number of hydrogen-bond acceptors (Lipinski definition) is 4. The molecule has 1 unspecified atom stereocenters. The van der Waals surface area contributed by atoms with E-state index < -0.39 is 6.10 Å². The Bertz CT molecular complexity index is 865. The van der Waals surface area contributed by atoms with E-state index >= 15 is 0 Å². The monoisotopic (exact) mass is 407 g/mol. The number of nitrogens with one attached hydrogen (secondary N) is 1. The van der Waals surface area contributed by atoms with Crippen molar-refractivity contribution in [3.63, 3.8) is 0 Å². The topological polar surface area (TPSA) is 61.9 Å². The molecule has 2 amide bonds. The minimum atomic E-state index is -0.574. The van der Waals surface area contributed by atoms with Gasteiger partial charge in [0.05, 0.1) is 18.8 Å². The van der Waals surface area contributed by atoms with Crippen LogP contribution in [-0.2, 0) is 16.0 Å². The van der Waals surface area contributed by atoms with E-state index in [1.807, 2.05) is 52.3 Å². The summed E-state index contributed by atoms with van der Waals surface area (Å²) in [6.07, 6.45) is 3.48. The number of anilines is 1. The van der Waals surface area contributed by atoms with Crippen molar-refractivity contribution >= 4 is 17.5 Å². The summed E-state index contributed by atoms with van der Waals surface area (Å²) in [5.74, 6) is 0.640. The molecule has 0 saturated carbocycles. The number of fused-ring (bicyclic) bond motifs is 1. The molecule has 0 radical (unpaired) electrons. The van der Waals surface area contributed by atoms with E-state index in [4.69, 9.17) is 4.74 Å². The van der Waals surface area contributed by atoms with E-state index in [1.54, 1.807) is 0 Å². The van der Waals surface area contributed by atoms with E-state index in [0.29, 0.717) is 18.8 Å². The summed E-state index contributed by atoms with van der Waals surface area (Å²) in [5.41, 5.74) is 2.06. The van der Waals surface area contributed by atoms with E-state index in [-0.39, 0.29) is 18.4 Å². The Labute approximate surface area is 177 Å². The lowest BCUT2D eigenvalue weighted by atomic mass is 10.1. The van der Waals surface area contributed by atoms with Gasteiger partial charge < -0.3 is 19.9 Å². The maximum absolute atomic E-state index is 13.0. The zero-order valence-corrected chi connectivity index (χ0v) is 17.3. The number of carbonyl (C=O) groups excluding carboxylic acids is 2. The highest BCUT2D eigenvalue weighted by Crippen LogP contribution is 2.33. The fourth-order valence-electron chi connectivity index (χ4n) is 4.12. The summed E-state index contributed by atoms with van der Waals surface area (Å²) in [7, 11) is 0. The molecule has 2 aliphatic heterocycles. The standard InChI is InChI=1S/C24H29N3O3/c28-23(25-14-13-19-9-3-1-4-10-19)18-27-17-22(24(29)26-15-7-2-8-16-26)30-21-12-6-5-11-20(21)27/h1,3-6,9-12,22H,2,7-8,13-18H2,(H,25,28). The molecule has 1 atom stereocenters. The third-order valence-corrected chi connectivity index (χ3v) is 5.72. The van der Waals surface area contributed by atoms with E-state index in [0.717, 1.165) is 38.0 Å². The number of amides is 2. The first-order chi connectivity index (χ1) is 14.7. The number of hydrogen-bond donors (Lipinski definition) is 1. The molecule has 30 heavy (non-hydrogen) atoms. The molecule has 0 aliphatic carbocycles. The number of rotatable bonds is 6. The third-order valence-electron chi connectivity index (χ3n) is 5.72. The first-order valence-electron chi connectivity index (χ1n) is 10.8. The third kappa shape index (κ3) is 4.93. The molecule has 0 spiro atoms. The van der Waals surface area contributed by atoms with Gasteiger partial charge in [-0.15, -0.1) is 0 Å². The Morgan fingerprint density at radius 1 is 0.967 bits per heavy atom. The average Bonchev–Trinajstić information content (AvgIpc) is 2.80. The van der Waals surface area contributed by atoms with Crippen molar-refractivity contribution in [3.8, 4) is 5.75 Å². The fraction of sp³-hybridized carbons (Fsp3) is 0.417. The van der Waals surface area contributed by atoms with Crippen LogP contribution in [0.4, 0.5) is 5.69 Å². The van der Waals surface area contributed by atoms with Crippen molar-refractivity contribution in [2.45, 2.75) is 31.8 Å². The van der Waals surface area contributed by atoms with Gasteiger partial charge in [0.15, 0.2) is 6.10 Å². The summed E-state index contributed by atoms with van der Waals surface area (Å²) in [6, 6.07) is 17.7. The first-order valence-corrected chi connectivity index (χ1v) is 10.8. The Hall–Kier alpha value is -3.02. The van der Waals surface area contributed by atoms with Gasteiger partial charge in [-0.2, -0.15) is 0 Å². The molecule has 0 bridgehead atoms. The van der Waals surface area contributed by atoms with Gasteiger partial charge in [-0.1, -0.05) is 42.5 Å². The summed E-state index contributed by atoms with van der Waals surface area (Å²) >= 11 is 0. The van der Waals surface area contributed by atoms with Crippen molar-refractivity contribution < 1.29 is 14.3 Å². The molecule has 6 heteroatoms. The van der Waals surface area contributed by atoms with E-state index in [1.165, 1.54) is 12.0 Å². The van der Waals surface area contributed by atoms with Crippen LogP contribution in [0.5, 0.6) is 5.75 Å². The molecule has 1 fully saturated rings. The molecule has 2 heterocycles. The molecule has 4 rings (SSSR count). The van der Waals surface area contributed by atoms with Gasteiger partial charge in [0, 0.05) is 19.6 Å². The highest BCUT2D eigenvalue weighted by atomic mass is 16.5. The Morgan fingerprint density at radius 2 is 1.70 bits per heavy atom. The normalized spacial score (nSPS) is 18.3. The van der Waals surface area contributed by atoms with Crippen LogP contribution in [0, 0.1) is 0 Å². The second-order valence-electron chi connectivity index (χ2n) is 7.93. The van der Waals surface area contributed by atoms with Crippen LogP contribution in [0.1, 0.15) is 24.8 Å². The summed E-state index contributed by atoms with van der Waals surface area (Å²) in [5, 5.41) is 3.00. The second kappa shape index (κ2) is 9.65. The largest absolute Gasteiger partial charge is 0.477 e. The van der Waals surface area contributed by atoms with Crippen LogP contribution >= 0.6 is 0 Å². The molecule has 2 aromatic rings. The lowest BCUT2D eigenvalue weighted by Gasteiger charge is -2.38. The first kappa shape index (κ1) is 20.3. The van der Waals surface area contributed by atoms with Crippen molar-refractivity contribution in [2.75, 3.05) is 37.6 Å². The quantitative estimate of drug-likeness (QED) is 0.800. The Balaban J connectivity index is 1.38.